The first-order valence-corrected chi connectivity index (χ1v) is 10.8. The van der Waals surface area contributed by atoms with E-state index in [4.69, 9.17) is 9.15 Å². The summed E-state index contributed by atoms with van der Waals surface area (Å²) in [7, 11) is 0. The number of furan rings is 1. The first kappa shape index (κ1) is 20.2. The standard InChI is InChI=1S/C19H29N3O4S/c23-18(21-4-2-10-27-14-17-3-1-7-26-17)15-11-16(13-20-12-15)19(24)22-5-8-25-9-6-22/h1,3,7,15-16,20H,2,4-6,8-14H2,(H,21,23)/t15-,16+/m0/s1. The number of amides is 2. The van der Waals surface area contributed by atoms with Crippen LogP contribution in [0.3, 0.4) is 0 Å². The molecule has 2 atom stereocenters. The maximum absolute atomic E-state index is 12.6. The quantitative estimate of drug-likeness (QED) is 0.642. The van der Waals surface area contributed by atoms with E-state index >= 15 is 0 Å². The third kappa shape index (κ3) is 6.26. The lowest BCUT2D eigenvalue weighted by Gasteiger charge is -2.34. The van der Waals surface area contributed by atoms with E-state index in [2.05, 4.69) is 10.6 Å². The highest BCUT2D eigenvalue weighted by Crippen LogP contribution is 2.20. The van der Waals surface area contributed by atoms with Crippen LogP contribution in [0.1, 0.15) is 18.6 Å². The molecule has 2 saturated heterocycles. The highest BCUT2D eigenvalue weighted by atomic mass is 32.2. The molecule has 0 radical (unpaired) electrons. The number of carbonyl (C=O) groups excluding carboxylic acids is 2. The number of nitrogens with one attached hydrogen (secondary N) is 2. The molecule has 2 amide bonds. The average molecular weight is 396 g/mol. The minimum Gasteiger partial charge on any atom is -0.468 e. The summed E-state index contributed by atoms with van der Waals surface area (Å²) < 4.78 is 10.6. The highest BCUT2D eigenvalue weighted by Gasteiger charge is 2.33. The molecule has 27 heavy (non-hydrogen) atoms. The zero-order valence-electron chi connectivity index (χ0n) is 15.7. The lowest BCUT2D eigenvalue weighted by Crippen LogP contribution is -2.51. The normalized spacial score (nSPS) is 23.2. The van der Waals surface area contributed by atoms with Crippen molar-refractivity contribution < 1.29 is 18.7 Å². The molecule has 8 heteroatoms. The van der Waals surface area contributed by atoms with Crippen LogP contribution in [0.15, 0.2) is 22.8 Å². The molecule has 3 heterocycles. The van der Waals surface area contributed by atoms with Gasteiger partial charge in [-0.25, -0.2) is 0 Å². The highest BCUT2D eigenvalue weighted by molar-refractivity contribution is 7.98. The monoisotopic (exact) mass is 395 g/mol. The van der Waals surface area contributed by atoms with Gasteiger partial charge in [0.1, 0.15) is 5.76 Å². The minimum atomic E-state index is -0.135. The number of hydrogen-bond acceptors (Lipinski definition) is 6. The molecule has 1 aromatic rings. The van der Waals surface area contributed by atoms with Gasteiger partial charge in [-0.2, -0.15) is 11.8 Å². The van der Waals surface area contributed by atoms with Gasteiger partial charge in [0.15, 0.2) is 0 Å². The van der Waals surface area contributed by atoms with Crippen molar-refractivity contribution in [2.45, 2.75) is 18.6 Å². The predicted molar refractivity (Wildman–Crippen MR) is 104 cm³/mol. The van der Waals surface area contributed by atoms with E-state index in [1.54, 1.807) is 18.0 Å². The molecule has 3 rings (SSSR count). The lowest BCUT2D eigenvalue weighted by molar-refractivity contribution is -0.141. The SMILES string of the molecule is O=C(NCCCSCc1ccco1)[C@@H]1CNC[C@H](C(=O)N2CCOCC2)C1. The van der Waals surface area contributed by atoms with E-state index in [1.807, 2.05) is 17.0 Å². The summed E-state index contributed by atoms with van der Waals surface area (Å²) in [6, 6.07) is 3.87. The van der Waals surface area contributed by atoms with Gasteiger partial charge < -0.3 is 24.7 Å². The van der Waals surface area contributed by atoms with E-state index in [1.165, 1.54) is 0 Å². The van der Waals surface area contributed by atoms with E-state index in [-0.39, 0.29) is 23.7 Å². The summed E-state index contributed by atoms with van der Waals surface area (Å²) in [6.45, 7) is 4.49. The van der Waals surface area contributed by atoms with Crippen LogP contribution < -0.4 is 10.6 Å². The fourth-order valence-corrected chi connectivity index (χ4v) is 4.33. The van der Waals surface area contributed by atoms with Crippen LogP contribution in [0.5, 0.6) is 0 Å². The maximum atomic E-state index is 12.6. The first-order valence-electron chi connectivity index (χ1n) is 9.69. The second-order valence-electron chi connectivity index (χ2n) is 7.00. The number of rotatable bonds is 8. The van der Waals surface area contributed by atoms with Crippen LogP contribution in [0.25, 0.3) is 0 Å². The Labute approximate surface area is 164 Å². The molecule has 0 bridgehead atoms. The Hall–Kier alpha value is -1.51. The van der Waals surface area contributed by atoms with Crippen molar-refractivity contribution in [1.29, 1.82) is 0 Å². The van der Waals surface area contributed by atoms with Crippen molar-refractivity contribution in [3.05, 3.63) is 24.2 Å². The molecule has 2 N–H and O–H groups in total. The molecule has 2 aliphatic rings. The second-order valence-corrected chi connectivity index (χ2v) is 8.11. The number of nitrogens with zero attached hydrogens (tertiary/aromatic N) is 1. The van der Waals surface area contributed by atoms with Gasteiger partial charge in [-0.05, 0) is 30.7 Å². The summed E-state index contributed by atoms with van der Waals surface area (Å²) in [6.07, 6.45) is 3.24. The van der Waals surface area contributed by atoms with Gasteiger partial charge in [0, 0.05) is 32.7 Å². The topological polar surface area (TPSA) is 83.8 Å². The zero-order chi connectivity index (χ0) is 18.9. The second kappa shape index (κ2) is 10.7. The van der Waals surface area contributed by atoms with Crippen molar-refractivity contribution in [2.24, 2.45) is 11.8 Å². The van der Waals surface area contributed by atoms with Crippen molar-refractivity contribution in [2.75, 3.05) is 51.7 Å². The molecular formula is C19H29N3O4S. The molecular weight excluding hydrogens is 366 g/mol. The van der Waals surface area contributed by atoms with E-state index < -0.39 is 0 Å². The first-order chi connectivity index (χ1) is 13.2. The molecule has 2 fully saturated rings. The Morgan fingerprint density at radius 2 is 2.07 bits per heavy atom. The number of ether oxygens (including phenoxy) is 1. The van der Waals surface area contributed by atoms with Crippen LogP contribution in [0.4, 0.5) is 0 Å². The molecule has 0 aliphatic carbocycles. The van der Waals surface area contributed by atoms with Crippen molar-refractivity contribution in [3.63, 3.8) is 0 Å². The van der Waals surface area contributed by atoms with E-state index in [0.717, 1.165) is 23.7 Å². The summed E-state index contributed by atoms with van der Waals surface area (Å²) in [4.78, 5) is 27.0. The lowest BCUT2D eigenvalue weighted by atomic mass is 9.88. The molecule has 150 valence electrons. The minimum absolute atomic E-state index is 0.0537. The van der Waals surface area contributed by atoms with Crippen molar-refractivity contribution in [3.8, 4) is 0 Å². The third-order valence-electron chi connectivity index (χ3n) is 4.98. The Kier molecular flexibility index (Phi) is 8.04. The average Bonchev–Trinajstić information content (AvgIpc) is 3.24. The Morgan fingerprint density at radius 3 is 2.85 bits per heavy atom. The molecule has 0 saturated carbocycles. The smallest absolute Gasteiger partial charge is 0.227 e. The fourth-order valence-electron chi connectivity index (χ4n) is 3.47. The van der Waals surface area contributed by atoms with Gasteiger partial charge in [0.25, 0.3) is 0 Å². The van der Waals surface area contributed by atoms with Gasteiger partial charge >= 0.3 is 0 Å². The molecule has 1 aromatic heterocycles. The number of thioether (sulfide) groups is 1. The number of piperidine rings is 1. The Morgan fingerprint density at radius 1 is 1.26 bits per heavy atom. The van der Waals surface area contributed by atoms with Gasteiger partial charge in [-0.3, -0.25) is 9.59 Å². The zero-order valence-corrected chi connectivity index (χ0v) is 16.5. The van der Waals surface area contributed by atoms with E-state index in [9.17, 15) is 9.59 Å². The van der Waals surface area contributed by atoms with Crippen LogP contribution in [-0.2, 0) is 20.1 Å². The molecule has 0 aromatic carbocycles. The number of carbonyl (C=O) groups is 2. The molecule has 0 spiro atoms. The van der Waals surface area contributed by atoms with Crippen molar-refractivity contribution in [1.82, 2.24) is 15.5 Å². The largest absolute Gasteiger partial charge is 0.468 e. The van der Waals surface area contributed by atoms with Gasteiger partial charge in [-0.15, -0.1) is 0 Å². The van der Waals surface area contributed by atoms with Crippen LogP contribution in [-0.4, -0.2) is 68.4 Å². The van der Waals surface area contributed by atoms with Gasteiger partial charge in [0.05, 0.1) is 37.1 Å². The molecule has 7 nitrogen and oxygen atoms in total. The summed E-state index contributed by atoms with van der Waals surface area (Å²) in [5.74, 6) is 2.77. The summed E-state index contributed by atoms with van der Waals surface area (Å²) in [5.41, 5.74) is 0. The summed E-state index contributed by atoms with van der Waals surface area (Å²) >= 11 is 1.80. The van der Waals surface area contributed by atoms with E-state index in [0.29, 0.717) is 52.4 Å². The van der Waals surface area contributed by atoms with Gasteiger partial charge in [-0.1, -0.05) is 0 Å². The molecule has 2 aliphatic heterocycles. The number of hydrogen-bond donors (Lipinski definition) is 2. The van der Waals surface area contributed by atoms with Crippen LogP contribution >= 0.6 is 11.8 Å². The Balaban J connectivity index is 1.32. The fraction of sp³-hybridized carbons (Fsp3) is 0.684. The third-order valence-corrected chi connectivity index (χ3v) is 6.05. The Bertz CT molecular complexity index is 590. The van der Waals surface area contributed by atoms with Crippen LogP contribution in [0, 0.1) is 11.8 Å². The predicted octanol–water partition coefficient (Wildman–Crippen LogP) is 1.10. The van der Waals surface area contributed by atoms with Gasteiger partial charge in [0.2, 0.25) is 11.8 Å². The van der Waals surface area contributed by atoms with Crippen LogP contribution in [0.2, 0.25) is 0 Å². The maximum Gasteiger partial charge on any atom is 0.227 e. The molecule has 0 unspecified atom stereocenters. The summed E-state index contributed by atoms with van der Waals surface area (Å²) in [5, 5.41) is 6.28. The van der Waals surface area contributed by atoms with Crippen molar-refractivity contribution >= 4 is 23.6 Å². The number of morpholine rings is 1.